The third-order valence-electron chi connectivity index (χ3n) is 2.39. The highest BCUT2D eigenvalue weighted by Crippen LogP contribution is 2.16. The van der Waals surface area contributed by atoms with Crippen molar-refractivity contribution < 1.29 is 4.18 Å². The van der Waals surface area contributed by atoms with Gasteiger partial charge in [-0.15, -0.1) is 5.10 Å². The minimum Gasteiger partial charge on any atom is -0.313 e. The third-order valence-corrected chi connectivity index (χ3v) is 2.89. The van der Waals surface area contributed by atoms with Crippen LogP contribution in [0.3, 0.4) is 0 Å². The molecule has 0 aliphatic heterocycles. The zero-order valence-corrected chi connectivity index (χ0v) is 11.4. The Labute approximate surface area is 103 Å². The summed E-state index contributed by atoms with van der Waals surface area (Å²) in [7, 11) is 0. The maximum absolute atomic E-state index is 5.06. The van der Waals surface area contributed by atoms with Crippen molar-refractivity contribution >= 4 is 12.9 Å². The maximum Gasteiger partial charge on any atom is 0.0829 e. The SMILES string of the molecule is CC(C)Cc1cn(CCC(C)(C)OS)nn1. The van der Waals surface area contributed by atoms with E-state index in [1.54, 1.807) is 0 Å². The first-order valence-corrected chi connectivity index (χ1v) is 6.01. The molecule has 0 aliphatic rings. The summed E-state index contributed by atoms with van der Waals surface area (Å²) in [5.74, 6) is 0.613. The summed E-state index contributed by atoms with van der Waals surface area (Å²) in [5.41, 5.74) is 0.826. The molecular formula is C11H21N3OS. The molecule has 1 aromatic heterocycles. The summed E-state index contributed by atoms with van der Waals surface area (Å²) in [6.45, 7) is 9.17. The lowest BCUT2D eigenvalue weighted by Crippen LogP contribution is -2.22. The molecule has 92 valence electrons. The van der Waals surface area contributed by atoms with Crippen LogP contribution in [-0.4, -0.2) is 20.6 Å². The van der Waals surface area contributed by atoms with E-state index in [0.717, 1.165) is 25.1 Å². The van der Waals surface area contributed by atoms with Gasteiger partial charge in [-0.3, -0.25) is 4.68 Å². The average molecular weight is 243 g/mol. The topological polar surface area (TPSA) is 39.9 Å². The molecule has 0 saturated heterocycles. The molecule has 16 heavy (non-hydrogen) atoms. The highest BCUT2D eigenvalue weighted by molar-refractivity contribution is 7.75. The van der Waals surface area contributed by atoms with Gasteiger partial charge in [0.25, 0.3) is 0 Å². The van der Waals surface area contributed by atoms with Crippen LogP contribution in [0.1, 0.15) is 39.8 Å². The van der Waals surface area contributed by atoms with Gasteiger partial charge in [-0.25, -0.2) is 0 Å². The van der Waals surface area contributed by atoms with Crippen molar-refractivity contribution in [2.24, 2.45) is 5.92 Å². The third kappa shape index (κ3) is 4.53. The summed E-state index contributed by atoms with van der Waals surface area (Å²) >= 11 is 3.85. The fourth-order valence-corrected chi connectivity index (χ4v) is 1.48. The fourth-order valence-electron chi connectivity index (χ4n) is 1.39. The quantitative estimate of drug-likeness (QED) is 0.616. The van der Waals surface area contributed by atoms with E-state index in [2.05, 4.69) is 37.1 Å². The second-order valence-electron chi connectivity index (χ2n) is 5.17. The molecule has 0 radical (unpaired) electrons. The van der Waals surface area contributed by atoms with Crippen LogP contribution in [0.4, 0.5) is 0 Å². The minimum absolute atomic E-state index is 0.229. The monoisotopic (exact) mass is 243 g/mol. The number of hydrogen-bond donors (Lipinski definition) is 1. The molecule has 1 rings (SSSR count). The fraction of sp³-hybridized carbons (Fsp3) is 0.818. The van der Waals surface area contributed by atoms with E-state index in [1.807, 2.05) is 24.7 Å². The zero-order valence-electron chi connectivity index (χ0n) is 10.5. The van der Waals surface area contributed by atoms with Gasteiger partial charge in [0.05, 0.1) is 11.3 Å². The number of aromatic nitrogens is 3. The maximum atomic E-state index is 5.06. The first kappa shape index (κ1) is 13.5. The largest absolute Gasteiger partial charge is 0.313 e. The Morgan fingerprint density at radius 2 is 2.19 bits per heavy atom. The number of aryl methyl sites for hydroxylation is 1. The second-order valence-corrected chi connectivity index (χ2v) is 5.35. The molecule has 0 aliphatic carbocycles. The van der Waals surface area contributed by atoms with Crippen LogP contribution in [-0.2, 0) is 17.1 Å². The molecule has 0 unspecified atom stereocenters. The Hall–Kier alpha value is -0.550. The average Bonchev–Trinajstić information content (AvgIpc) is 2.62. The lowest BCUT2D eigenvalue weighted by molar-refractivity contribution is 0.125. The molecule has 5 heteroatoms. The summed E-state index contributed by atoms with van der Waals surface area (Å²) in [6, 6.07) is 0. The van der Waals surface area contributed by atoms with Gasteiger partial charge in [0.1, 0.15) is 0 Å². The van der Waals surface area contributed by atoms with Gasteiger partial charge < -0.3 is 4.18 Å². The van der Waals surface area contributed by atoms with Gasteiger partial charge in [0.15, 0.2) is 0 Å². The minimum atomic E-state index is -0.229. The molecular weight excluding hydrogens is 222 g/mol. The van der Waals surface area contributed by atoms with E-state index in [-0.39, 0.29) is 5.60 Å². The summed E-state index contributed by atoms with van der Waals surface area (Å²) in [4.78, 5) is 0. The molecule has 0 fully saturated rings. The summed E-state index contributed by atoms with van der Waals surface area (Å²) in [5, 5.41) is 8.23. The van der Waals surface area contributed by atoms with E-state index < -0.39 is 0 Å². The van der Waals surface area contributed by atoms with Crippen molar-refractivity contribution in [2.75, 3.05) is 0 Å². The van der Waals surface area contributed by atoms with Crippen LogP contribution in [0.5, 0.6) is 0 Å². The van der Waals surface area contributed by atoms with Crippen LogP contribution in [0.25, 0.3) is 0 Å². The van der Waals surface area contributed by atoms with Gasteiger partial charge >= 0.3 is 0 Å². The number of nitrogens with zero attached hydrogens (tertiary/aromatic N) is 3. The predicted molar refractivity (Wildman–Crippen MR) is 67.3 cm³/mol. The van der Waals surface area contributed by atoms with Crippen LogP contribution in [0, 0.1) is 5.92 Å². The molecule has 0 amide bonds. The Bertz CT molecular complexity index is 323. The molecule has 1 heterocycles. The van der Waals surface area contributed by atoms with Crippen molar-refractivity contribution in [3.05, 3.63) is 11.9 Å². The van der Waals surface area contributed by atoms with E-state index in [9.17, 15) is 0 Å². The molecule has 0 spiro atoms. The normalized spacial score (nSPS) is 12.4. The lowest BCUT2D eigenvalue weighted by Gasteiger charge is -2.20. The van der Waals surface area contributed by atoms with E-state index in [4.69, 9.17) is 4.18 Å². The van der Waals surface area contributed by atoms with E-state index >= 15 is 0 Å². The second kappa shape index (κ2) is 5.68. The Kier molecular flexibility index (Phi) is 4.80. The highest BCUT2D eigenvalue weighted by Gasteiger charge is 2.17. The molecule has 0 aromatic carbocycles. The van der Waals surface area contributed by atoms with Crippen molar-refractivity contribution in [3.8, 4) is 0 Å². The number of thiol groups is 1. The molecule has 0 saturated carbocycles. The van der Waals surface area contributed by atoms with Crippen molar-refractivity contribution in [1.29, 1.82) is 0 Å². The Morgan fingerprint density at radius 3 is 2.75 bits per heavy atom. The zero-order chi connectivity index (χ0) is 12.2. The van der Waals surface area contributed by atoms with Gasteiger partial charge in [0, 0.05) is 12.7 Å². The lowest BCUT2D eigenvalue weighted by atomic mass is 10.1. The first-order chi connectivity index (χ1) is 7.43. The Balaban J connectivity index is 2.46. The standard InChI is InChI=1S/C11H21N3OS/c1-9(2)7-10-8-14(13-12-10)6-5-11(3,4)15-16/h8-9,16H,5-7H2,1-4H3. The molecule has 0 N–H and O–H groups in total. The smallest absolute Gasteiger partial charge is 0.0829 e. The van der Waals surface area contributed by atoms with Gasteiger partial charge in [-0.1, -0.05) is 19.1 Å². The number of rotatable bonds is 6. The van der Waals surface area contributed by atoms with Crippen LogP contribution < -0.4 is 0 Å². The van der Waals surface area contributed by atoms with Crippen molar-refractivity contribution in [3.63, 3.8) is 0 Å². The van der Waals surface area contributed by atoms with Crippen molar-refractivity contribution in [1.82, 2.24) is 15.0 Å². The first-order valence-electron chi connectivity index (χ1n) is 5.64. The van der Waals surface area contributed by atoms with Crippen molar-refractivity contribution in [2.45, 2.75) is 52.7 Å². The predicted octanol–water partition coefficient (Wildman–Crippen LogP) is 2.51. The van der Waals surface area contributed by atoms with Gasteiger partial charge in [-0.2, -0.15) is 0 Å². The summed E-state index contributed by atoms with van der Waals surface area (Å²) in [6.07, 6.45) is 3.85. The van der Waals surface area contributed by atoms with Crippen LogP contribution in [0.15, 0.2) is 6.20 Å². The molecule has 4 nitrogen and oxygen atoms in total. The molecule has 0 bridgehead atoms. The molecule has 0 atom stereocenters. The van der Waals surface area contributed by atoms with Crippen LogP contribution in [0.2, 0.25) is 0 Å². The van der Waals surface area contributed by atoms with Gasteiger partial charge in [0.2, 0.25) is 0 Å². The van der Waals surface area contributed by atoms with Crippen LogP contribution >= 0.6 is 12.9 Å². The number of hydrogen-bond acceptors (Lipinski definition) is 4. The Morgan fingerprint density at radius 1 is 1.50 bits per heavy atom. The summed E-state index contributed by atoms with van der Waals surface area (Å²) < 4.78 is 6.93. The van der Waals surface area contributed by atoms with E-state index in [1.165, 1.54) is 0 Å². The van der Waals surface area contributed by atoms with Gasteiger partial charge in [-0.05, 0) is 45.5 Å². The van der Waals surface area contributed by atoms with E-state index in [0.29, 0.717) is 5.92 Å². The highest BCUT2D eigenvalue weighted by atomic mass is 32.1. The molecule has 1 aromatic rings.